The van der Waals surface area contributed by atoms with Crippen LogP contribution in [-0.2, 0) is 11.6 Å². The van der Waals surface area contributed by atoms with E-state index in [4.69, 9.17) is 0 Å². The lowest BCUT2D eigenvalue weighted by Gasteiger charge is -2.26. The van der Waals surface area contributed by atoms with Gasteiger partial charge in [-0.1, -0.05) is 56.3 Å². The van der Waals surface area contributed by atoms with Crippen LogP contribution in [0.3, 0.4) is 0 Å². The normalized spacial score (nSPS) is 11.9. The Labute approximate surface area is 213 Å². The summed E-state index contributed by atoms with van der Waals surface area (Å²) < 4.78 is 41.9. The van der Waals surface area contributed by atoms with Gasteiger partial charge in [0, 0.05) is 29.6 Å². The van der Waals surface area contributed by atoms with E-state index in [1.807, 2.05) is 54.7 Å². The second-order valence-corrected chi connectivity index (χ2v) is 9.37. The molecular weight excluding hydrogens is 471 g/mol. The summed E-state index contributed by atoms with van der Waals surface area (Å²) in [5.41, 5.74) is 4.15. The van der Waals surface area contributed by atoms with Crippen molar-refractivity contribution in [2.45, 2.75) is 25.4 Å². The monoisotopic (exact) mass is 495 g/mol. The molecule has 0 aliphatic rings. The molecule has 0 spiro atoms. The number of hydrogen-bond acceptors (Lipinski definition) is 3. The summed E-state index contributed by atoms with van der Waals surface area (Å²) in [7, 11) is 0. The van der Waals surface area contributed by atoms with E-state index < -0.39 is 11.7 Å². The van der Waals surface area contributed by atoms with Gasteiger partial charge in [0.15, 0.2) is 0 Å². The van der Waals surface area contributed by atoms with Crippen LogP contribution in [0, 0.1) is 0 Å². The summed E-state index contributed by atoms with van der Waals surface area (Å²) in [6.07, 6.45) is 0.689. The minimum absolute atomic E-state index is 0.382. The van der Waals surface area contributed by atoms with Crippen LogP contribution < -0.4 is 0 Å². The maximum Gasteiger partial charge on any atom is 0.416 e. The minimum atomic E-state index is -4.50. The minimum Gasteiger partial charge on any atom is -0.264 e. The standard InChI is InChI=1S/C31H24F3N3/c1-30(2,25-10-7-14-35-20-25)24-9-5-8-21(17-24)22-16-23(19-26(18-22)31(32,33)34)27-12-6-13-29(37-27)28-11-3-4-15-36-28/h3-20H,1-2H3. The van der Waals surface area contributed by atoms with E-state index in [1.165, 1.54) is 6.07 Å². The van der Waals surface area contributed by atoms with Gasteiger partial charge in [-0.3, -0.25) is 9.97 Å². The molecule has 5 rings (SSSR count). The van der Waals surface area contributed by atoms with E-state index in [2.05, 4.69) is 28.8 Å². The molecule has 0 saturated carbocycles. The zero-order chi connectivity index (χ0) is 26.0. The summed E-state index contributed by atoms with van der Waals surface area (Å²) >= 11 is 0. The molecule has 5 aromatic rings. The molecule has 0 saturated heterocycles. The average Bonchev–Trinajstić information content (AvgIpc) is 2.93. The van der Waals surface area contributed by atoms with Crippen LogP contribution >= 0.6 is 0 Å². The molecule has 0 fully saturated rings. The summed E-state index contributed by atoms with van der Waals surface area (Å²) in [5.74, 6) is 0. The first kappa shape index (κ1) is 24.4. The Morgan fingerprint density at radius 3 is 2.00 bits per heavy atom. The second-order valence-electron chi connectivity index (χ2n) is 9.37. The van der Waals surface area contributed by atoms with Gasteiger partial charge in [0.25, 0.3) is 0 Å². The summed E-state index contributed by atoms with van der Waals surface area (Å²) in [6.45, 7) is 4.15. The average molecular weight is 496 g/mol. The molecular formula is C31H24F3N3. The Morgan fingerprint density at radius 2 is 1.27 bits per heavy atom. The molecule has 37 heavy (non-hydrogen) atoms. The number of rotatable bonds is 5. The first-order chi connectivity index (χ1) is 17.7. The van der Waals surface area contributed by atoms with Gasteiger partial charge in [0.2, 0.25) is 0 Å². The molecule has 2 aromatic carbocycles. The van der Waals surface area contributed by atoms with Crippen molar-refractivity contribution in [3.05, 3.63) is 126 Å². The first-order valence-electron chi connectivity index (χ1n) is 11.8. The Balaban J connectivity index is 1.62. The number of alkyl halides is 3. The van der Waals surface area contributed by atoms with Gasteiger partial charge in [-0.05, 0) is 70.8 Å². The van der Waals surface area contributed by atoms with Crippen LogP contribution in [0.2, 0.25) is 0 Å². The largest absolute Gasteiger partial charge is 0.416 e. The molecule has 0 amide bonds. The Hall–Kier alpha value is -4.32. The van der Waals surface area contributed by atoms with Crippen molar-refractivity contribution in [2.75, 3.05) is 0 Å². The van der Waals surface area contributed by atoms with E-state index in [1.54, 1.807) is 42.7 Å². The second kappa shape index (κ2) is 9.62. The summed E-state index contributed by atoms with van der Waals surface area (Å²) in [4.78, 5) is 13.2. The lowest BCUT2D eigenvalue weighted by atomic mass is 9.78. The summed E-state index contributed by atoms with van der Waals surface area (Å²) in [6, 6.07) is 26.4. The molecule has 184 valence electrons. The van der Waals surface area contributed by atoms with Gasteiger partial charge in [-0.15, -0.1) is 0 Å². The first-order valence-corrected chi connectivity index (χ1v) is 11.8. The molecule has 3 aromatic heterocycles. The highest BCUT2D eigenvalue weighted by molar-refractivity contribution is 5.74. The van der Waals surface area contributed by atoms with Crippen LogP contribution in [0.1, 0.15) is 30.5 Å². The molecule has 6 heteroatoms. The van der Waals surface area contributed by atoms with Gasteiger partial charge < -0.3 is 0 Å². The summed E-state index contributed by atoms with van der Waals surface area (Å²) in [5, 5.41) is 0. The maximum atomic E-state index is 14.0. The van der Waals surface area contributed by atoms with E-state index >= 15 is 0 Å². The van der Waals surface area contributed by atoms with Crippen molar-refractivity contribution in [1.29, 1.82) is 0 Å². The quantitative estimate of drug-likeness (QED) is 0.247. The zero-order valence-electron chi connectivity index (χ0n) is 20.4. The van der Waals surface area contributed by atoms with Gasteiger partial charge in [0.05, 0.1) is 22.6 Å². The predicted octanol–water partition coefficient (Wildman–Crippen LogP) is 8.22. The SMILES string of the molecule is CC(C)(c1cccnc1)c1cccc(-c2cc(-c3cccc(-c4ccccn4)n3)cc(C(F)(F)F)c2)c1. The van der Waals surface area contributed by atoms with Crippen LogP contribution in [0.4, 0.5) is 13.2 Å². The fourth-order valence-electron chi connectivity index (χ4n) is 4.34. The highest BCUT2D eigenvalue weighted by atomic mass is 19.4. The molecule has 0 radical (unpaired) electrons. The van der Waals surface area contributed by atoms with E-state index in [0.29, 0.717) is 33.8 Å². The van der Waals surface area contributed by atoms with E-state index in [-0.39, 0.29) is 5.41 Å². The zero-order valence-corrected chi connectivity index (χ0v) is 20.4. The van der Waals surface area contributed by atoms with Crippen molar-refractivity contribution in [3.8, 4) is 33.8 Å². The maximum absolute atomic E-state index is 14.0. The predicted molar refractivity (Wildman–Crippen MR) is 140 cm³/mol. The van der Waals surface area contributed by atoms with Gasteiger partial charge in [-0.25, -0.2) is 4.98 Å². The van der Waals surface area contributed by atoms with Crippen molar-refractivity contribution in [2.24, 2.45) is 0 Å². The number of benzene rings is 2. The fourth-order valence-corrected chi connectivity index (χ4v) is 4.34. The van der Waals surface area contributed by atoms with Gasteiger partial charge in [-0.2, -0.15) is 13.2 Å². The highest BCUT2D eigenvalue weighted by Gasteiger charge is 2.32. The van der Waals surface area contributed by atoms with Crippen LogP contribution in [0.15, 0.2) is 110 Å². The van der Waals surface area contributed by atoms with Gasteiger partial charge >= 0.3 is 6.18 Å². The molecule has 0 aliphatic carbocycles. The molecule has 3 nitrogen and oxygen atoms in total. The Bertz CT molecular complexity index is 1530. The Kier molecular flexibility index (Phi) is 6.34. The smallest absolute Gasteiger partial charge is 0.264 e. The van der Waals surface area contributed by atoms with Crippen molar-refractivity contribution in [3.63, 3.8) is 0 Å². The van der Waals surface area contributed by atoms with Gasteiger partial charge in [0.1, 0.15) is 0 Å². The molecule has 0 unspecified atom stereocenters. The van der Waals surface area contributed by atoms with Crippen LogP contribution in [0.5, 0.6) is 0 Å². The van der Waals surface area contributed by atoms with Crippen molar-refractivity contribution >= 4 is 0 Å². The lowest BCUT2D eigenvalue weighted by Crippen LogP contribution is -2.19. The molecule has 3 heterocycles. The molecule has 0 N–H and O–H groups in total. The van der Waals surface area contributed by atoms with E-state index in [9.17, 15) is 13.2 Å². The Morgan fingerprint density at radius 1 is 0.568 bits per heavy atom. The third-order valence-electron chi connectivity index (χ3n) is 6.53. The van der Waals surface area contributed by atoms with E-state index in [0.717, 1.165) is 17.2 Å². The third-order valence-corrected chi connectivity index (χ3v) is 6.53. The third kappa shape index (κ3) is 5.14. The van der Waals surface area contributed by atoms with Crippen LogP contribution in [-0.4, -0.2) is 15.0 Å². The number of halogens is 3. The fraction of sp³-hybridized carbons (Fsp3) is 0.129. The number of aromatic nitrogens is 3. The topological polar surface area (TPSA) is 38.7 Å². The molecule has 0 aliphatic heterocycles. The lowest BCUT2D eigenvalue weighted by molar-refractivity contribution is -0.137. The van der Waals surface area contributed by atoms with Crippen molar-refractivity contribution in [1.82, 2.24) is 15.0 Å². The molecule has 0 bridgehead atoms. The number of pyridine rings is 3. The highest BCUT2D eigenvalue weighted by Crippen LogP contribution is 2.38. The number of nitrogens with zero attached hydrogens (tertiary/aromatic N) is 3. The molecule has 0 atom stereocenters. The van der Waals surface area contributed by atoms with Crippen molar-refractivity contribution < 1.29 is 13.2 Å². The number of hydrogen-bond donors (Lipinski definition) is 0. The van der Waals surface area contributed by atoms with Crippen LogP contribution in [0.25, 0.3) is 33.8 Å².